The van der Waals surface area contributed by atoms with Crippen molar-refractivity contribution in [2.24, 2.45) is 5.73 Å². The van der Waals surface area contributed by atoms with E-state index in [-0.39, 0.29) is 12.3 Å². The molecule has 2 amide bonds. The predicted octanol–water partition coefficient (Wildman–Crippen LogP) is 2.87. The van der Waals surface area contributed by atoms with Crippen LogP contribution in [0.3, 0.4) is 0 Å². The number of rotatable bonds is 8. The Hall–Kier alpha value is -3.22. The van der Waals surface area contributed by atoms with Gasteiger partial charge in [0.15, 0.2) is 0 Å². The van der Waals surface area contributed by atoms with Crippen LogP contribution in [0.2, 0.25) is 0 Å². The van der Waals surface area contributed by atoms with Crippen LogP contribution in [0, 0.1) is 0 Å². The fourth-order valence-electron chi connectivity index (χ4n) is 4.28. The molecule has 0 spiro atoms. The minimum atomic E-state index is -0.402. The molecule has 6 heteroatoms. The highest BCUT2D eigenvalue weighted by molar-refractivity contribution is 5.95. The second kappa shape index (κ2) is 10.4. The Morgan fingerprint density at radius 2 is 1.47 bits per heavy atom. The zero-order chi connectivity index (χ0) is 22.3. The largest absolute Gasteiger partial charge is 0.370 e. The standard InChI is InChI=1S/C26H30N4O2/c27-25(31)13-14-30(23-10-2-1-3-11-23)26(32)20-29-17-15-28(16-18-29)19-22-9-6-8-21-7-4-5-12-24(21)22/h1-12H,13-20H2,(H2,27,31). The minimum Gasteiger partial charge on any atom is -0.370 e. The van der Waals surface area contributed by atoms with E-state index in [4.69, 9.17) is 5.73 Å². The predicted molar refractivity (Wildman–Crippen MR) is 128 cm³/mol. The van der Waals surface area contributed by atoms with Gasteiger partial charge in [0.1, 0.15) is 0 Å². The fraction of sp³-hybridized carbons (Fsp3) is 0.308. The maximum Gasteiger partial charge on any atom is 0.241 e. The first-order chi connectivity index (χ1) is 15.6. The molecular weight excluding hydrogens is 400 g/mol. The second-order valence-corrected chi connectivity index (χ2v) is 8.29. The van der Waals surface area contributed by atoms with Crippen molar-refractivity contribution in [1.29, 1.82) is 0 Å². The van der Waals surface area contributed by atoms with Crippen molar-refractivity contribution in [2.45, 2.75) is 13.0 Å². The molecule has 0 atom stereocenters. The van der Waals surface area contributed by atoms with Crippen molar-refractivity contribution in [1.82, 2.24) is 9.80 Å². The van der Waals surface area contributed by atoms with E-state index in [1.54, 1.807) is 4.90 Å². The topological polar surface area (TPSA) is 69.9 Å². The quantitative estimate of drug-likeness (QED) is 0.597. The molecule has 1 aliphatic heterocycles. The fourth-order valence-corrected chi connectivity index (χ4v) is 4.28. The van der Waals surface area contributed by atoms with Crippen molar-refractivity contribution in [3.8, 4) is 0 Å². The highest BCUT2D eigenvalue weighted by Crippen LogP contribution is 2.21. The van der Waals surface area contributed by atoms with Gasteiger partial charge in [0.05, 0.1) is 6.54 Å². The summed E-state index contributed by atoms with van der Waals surface area (Å²) >= 11 is 0. The Bertz CT molecular complexity index is 1060. The number of hydrogen-bond donors (Lipinski definition) is 1. The van der Waals surface area contributed by atoms with Crippen LogP contribution in [0.5, 0.6) is 0 Å². The number of hydrogen-bond acceptors (Lipinski definition) is 4. The summed E-state index contributed by atoms with van der Waals surface area (Å²) < 4.78 is 0. The van der Waals surface area contributed by atoms with Crippen molar-refractivity contribution in [3.05, 3.63) is 78.4 Å². The third kappa shape index (κ3) is 5.52. The lowest BCUT2D eigenvalue weighted by molar-refractivity contribution is -0.120. The Labute approximate surface area is 189 Å². The van der Waals surface area contributed by atoms with Gasteiger partial charge in [-0.2, -0.15) is 0 Å². The summed E-state index contributed by atoms with van der Waals surface area (Å²) in [5.41, 5.74) is 7.46. The molecule has 1 heterocycles. The first kappa shape index (κ1) is 22.0. The third-order valence-electron chi connectivity index (χ3n) is 6.05. The molecule has 0 bridgehead atoms. The number of carbonyl (C=O) groups excluding carboxylic acids is 2. The highest BCUT2D eigenvalue weighted by Gasteiger charge is 2.23. The van der Waals surface area contributed by atoms with E-state index in [0.717, 1.165) is 38.4 Å². The Morgan fingerprint density at radius 3 is 2.22 bits per heavy atom. The lowest BCUT2D eigenvalue weighted by Crippen LogP contribution is -2.50. The summed E-state index contributed by atoms with van der Waals surface area (Å²) in [5, 5.41) is 2.58. The SMILES string of the molecule is NC(=O)CCN(C(=O)CN1CCN(Cc2cccc3ccccc23)CC1)c1ccccc1. The van der Waals surface area contributed by atoms with Gasteiger partial charge in [-0.05, 0) is 28.5 Å². The van der Waals surface area contributed by atoms with Crippen LogP contribution in [0.15, 0.2) is 72.8 Å². The summed E-state index contributed by atoms with van der Waals surface area (Å²) in [7, 11) is 0. The number of carbonyl (C=O) groups is 2. The Balaban J connectivity index is 1.34. The molecule has 3 aromatic rings. The van der Waals surface area contributed by atoms with Crippen LogP contribution in [-0.4, -0.2) is 60.9 Å². The van der Waals surface area contributed by atoms with Gasteiger partial charge in [-0.3, -0.25) is 19.4 Å². The van der Waals surface area contributed by atoms with Gasteiger partial charge in [0.25, 0.3) is 0 Å². The lowest BCUT2D eigenvalue weighted by Gasteiger charge is -2.35. The summed E-state index contributed by atoms with van der Waals surface area (Å²) in [6, 6.07) is 24.5. The van der Waals surface area contributed by atoms with Crippen LogP contribution >= 0.6 is 0 Å². The maximum atomic E-state index is 13.1. The molecule has 0 aromatic heterocycles. The molecule has 6 nitrogen and oxygen atoms in total. The van der Waals surface area contributed by atoms with E-state index in [2.05, 4.69) is 52.3 Å². The van der Waals surface area contributed by atoms with Gasteiger partial charge in [-0.1, -0.05) is 60.7 Å². The van der Waals surface area contributed by atoms with Crippen molar-refractivity contribution in [2.75, 3.05) is 44.2 Å². The molecule has 1 saturated heterocycles. The number of amides is 2. The maximum absolute atomic E-state index is 13.1. The van der Waals surface area contributed by atoms with E-state index in [1.807, 2.05) is 30.3 Å². The number of para-hydroxylation sites is 1. The van der Waals surface area contributed by atoms with E-state index in [9.17, 15) is 9.59 Å². The highest BCUT2D eigenvalue weighted by atomic mass is 16.2. The number of fused-ring (bicyclic) bond motifs is 1. The lowest BCUT2D eigenvalue weighted by atomic mass is 10.0. The Kier molecular flexibility index (Phi) is 7.14. The van der Waals surface area contributed by atoms with E-state index in [1.165, 1.54) is 16.3 Å². The number of piperazine rings is 1. The molecule has 4 rings (SSSR count). The van der Waals surface area contributed by atoms with Gasteiger partial charge < -0.3 is 10.6 Å². The smallest absolute Gasteiger partial charge is 0.241 e. The number of nitrogens with two attached hydrogens (primary N) is 1. The second-order valence-electron chi connectivity index (χ2n) is 8.29. The number of anilines is 1. The number of nitrogens with zero attached hydrogens (tertiary/aromatic N) is 3. The van der Waals surface area contributed by atoms with Crippen molar-refractivity contribution >= 4 is 28.3 Å². The van der Waals surface area contributed by atoms with E-state index in [0.29, 0.717) is 13.1 Å². The number of benzene rings is 3. The molecule has 2 N–H and O–H groups in total. The first-order valence-corrected chi connectivity index (χ1v) is 11.2. The Morgan fingerprint density at radius 1 is 0.812 bits per heavy atom. The minimum absolute atomic E-state index is 0.0000431. The molecule has 3 aromatic carbocycles. The van der Waals surface area contributed by atoms with Gasteiger partial charge in [0, 0.05) is 51.4 Å². The van der Waals surface area contributed by atoms with Crippen LogP contribution in [-0.2, 0) is 16.1 Å². The zero-order valence-corrected chi connectivity index (χ0v) is 18.3. The molecule has 32 heavy (non-hydrogen) atoms. The van der Waals surface area contributed by atoms with Crippen molar-refractivity contribution in [3.63, 3.8) is 0 Å². The van der Waals surface area contributed by atoms with E-state index < -0.39 is 5.91 Å². The average Bonchev–Trinajstić information content (AvgIpc) is 2.81. The summed E-state index contributed by atoms with van der Waals surface area (Å²) in [5.74, 6) is -0.402. The van der Waals surface area contributed by atoms with Crippen LogP contribution in [0.25, 0.3) is 10.8 Å². The van der Waals surface area contributed by atoms with Crippen molar-refractivity contribution < 1.29 is 9.59 Å². The van der Waals surface area contributed by atoms with Crippen LogP contribution < -0.4 is 10.6 Å². The monoisotopic (exact) mass is 430 g/mol. The van der Waals surface area contributed by atoms with Crippen LogP contribution in [0.1, 0.15) is 12.0 Å². The molecule has 1 fully saturated rings. The summed E-state index contributed by atoms with van der Waals surface area (Å²) in [4.78, 5) is 30.7. The first-order valence-electron chi connectivity index (χ1n) is 11.2. The normalized spacial score (nSPS) is 15.0. The molecule has 0 saturated carbocycles. The van der Waals surface area contributed by atoms with Gasteiger partial charge >= 0.3 is 0 Å². The van der Waals surface area contributed by atoms with Gasteiger partial charge in [-0.15, -0.1) is 0 Å². The van der Waals surface area contributed by atoms with Crippen LogP contribution in [0.4, 0.5) is 5.69 Å². The molecule has 0 radical (unpaired) electrons. The number of primary amides is 1. The third-order valence-corrected chi connectivity index (χ3v) is 6.05. The summed E-state index contributed by atoms with van der Waals surface area (Å²) in [6.45, 7) is 5.09. The molecule has 0 unspecified atom stereocenters. The molecule has 166 valence electrons. The molecule has 1 aliphatic rings. The average molecular weight is 431 g/mol. The van der Waals surface area contributed by atoms with Gasteiger partial charge in [-0.25, -0.2) is 0 Å². The molecular formula is C26H30N4O2. The zero-order valence-electron chi connectivity index (χ0n) is 18.3. The molecule has 0 aliphatic carbocycles. The van der Waals surface area contributed by atoms with Gasteiger partial charge in [0.2, 0.25) is 11.8 Å². The summed E-state index contributed by atoms with van der Waals surface area (Å²) in [6.07, 6.45) is 0.152. The van der Waals surface area contributed by atoms with E-state index >= 15 is 0 Å².